The fourth-order valence-corrected chi connectivity index (χ4v) is 5.78. The van der Waals surface area contributed by atoms with E-state index in [2.05, 4.69) is 91.0 Å². The maximum Gasteiger partial charge on any atom is 0.101 e. The number of fused-ring (bicyclic) bond motifs is 3. The molecule has 1 aliphatic rings. The highest BCUT2D eigenvalue weighted by atomic mass is 15.1. The van der Waals surface area contributed by atoms with Crippen molar-refractivity contribution in [3.63, 3.8) is 0 Å². The monoisotopic (exact) mass is 495 g/mol. The third kappa shape index (κ3) is 3.50. The lowest BCUT2D eigenvalue weighted by molar-refractivity contribution is 1.26. The smallest absolute Gasteiger partial charge is 0.101 e. The van der Waals surface area contributed by atoms with Crippen molar-refractivity contribution >= 4 is 27.8 Å². The third-order valence-corrected chi connectivity index (χ3v) is 7.52. The second-order valence-electron chi connectivity index (χ2n) is 9.57. The van der Waals surface area contributed by atoms with E-state index in [-0.39, 0.29) is 0 Å². The molecule has 180 valence electrons. The molecule has 0 fully saturated rings. The summed E-state index contributed by atoms with van der Waals surface area (Å²) in [6, 6.07) is 47.6. The van der Waals surface area contributed by atoms with Crippen molar-refractivity contribution in [1.82, 2.24) is 0 Å². The Bertz CT molecular complexity index is 1900. The molecule has 0 amide bonds. The maximum absolute atomic E-state index is 9.85. The zero-order valence-electron chi connectivity index (χ0n) is 21.0. The van der Waals surface area contributed by atoms with E-state index >= 15 is 0 Å². The number of anilines is 3. The normalized spacial score (nSPS) is 11.0. The van der Waals surface area contributed by atoms with Crippen molar-refractivity contribution in [2.45, 2.75) is 0 Å². The molecular weight excluding hydrogens is 474 g/mol. The molecule has 1 aliphatic carbocycles. The molecule has 0 N–H and O–H groups in total. The van der Waals surface area contributed by atoms with Gasteiger partial charge >= 0.3 is 0 Å². The Morgan fingerprint density at radius 2 is 0.949 bits per heavy atom. The van der Waals surface area contributed by atoms with E-state index in [1.54, 1.807) is 12.1 Å². The van der Waals surface area contributed by atoms with Crippen LogP contribution in [0.15, 0.2) is 127 Å². The highest BCUT2D eigenvalue weighted by molar-refractivity contribution is 6.18. The number of rotatable bonds is 4. The molecular formula is C36H21N3. The van der Waals surface area contributed by atoms with Crippen molar-refractivity contribution in [3.8, 4) is 45.5 Å². The zero-order chi connectivity index (χ0) is 26.3. The second-order valence-corrected chi connectivity index (χ2v) is 9.57. The summed E-state index contributed by atoms with van der Waals surface area (Å²) in [5.74, 6) is 0. The number of para-hydroxylation sites is 2. The van der Waals surface area contributed by atoms with Crippen molar-refractivity contribution in [1.29, 1.82) is 10.5 Å². The first-order chi connectivity index (χ1) is 19.3. The van der Waals surface area contributed by atoms with Crippen LogP contribution in [0.2, 0.25) is 0 Å². The molecule has 6 aromatic carbocycles. The Kier molecular flexibility index (Phi) is 5.22. The Balaban J connectivity index is 1.38. The minimum atomic E-state index is 0.543. The average Bonchev–Trinajstić information content (AvgIpc) is 3.34. The predicted octanol–water partition coefficient (Wildman–Crippen LogP) is 9.37. The van der Waals surface area contributed by atoms with E-state index in [1.807, 2.05) is 41.3 Å². The SMILES string of the molecule is N#Cc1ccccc1N(c1ccc(-c2ccc3c4c(cccc24)-c2ccccc2-3)cc1)c1ccccc1C#N. The van der Waals surface area contributed by atoms with Gasteiger partial charge in [-0.1, -0.05) is 91.0 Å². The largest absolute Gasteiger partial charge is 0.308 e. The molecule has 0 aliphatic heterocycles. The van der Waals surface area contributed by atoms with Crippen LogP contribution in [0, 0.1) is 22.7 Å². The molecule has 0 bridgehead atoms. The van der Waals surface area contributed by atoms with Crippen LogP contribution in [0.4, 0.5) is 17.1 Å². The van der Waals surface area contributed by atoms with Crippen LogP contribution in [0.3, 0.4) is 0 Å². The van der Waals surface area contributed by atoms with Gasteiger partial charge in [-0.15, -0.1) is 0 Å². The first kappa shape index (κ1) is 22.5. The third-order valence-electron chi connectivity index (χ3n) is 7.52. The van der Waals surface area contributed by atoms with E-state index in [9.17, 15) is 10.5 Å². The first-order valence-corrected chi connectivity index (χ1v) is 12.8. The molecule has 0 atom stereocenters. The number of nitriles is 2. The van der Waals surface area contributed by atoms with Crippen molar-refractivity contribution in [3.05, 3.63) is 139 Å². The summed E-state index contributed by atoms with van der Waals surface area (Å²) in [7, 11) is 0. The molecule has 0 saturated heterocycles. The summed E-state index contributed by atoms with van der Waals surface area (Å²) in [4.78, 5) is 1.99. The van der Waals surface area contributed by atoms with Gasteiger partial charge in [0.05, 0.1) is 22.5 Å². The van der Waals surface area contributed by atoms with Crippen LogP contribution in [0.1, 0.15) is 11.1 Å². The molecule has 0 radical (unpaired) electrons. The number of hydrogen-bond donors (Lipinski definition) is 0. The molecule has 0 aromatic heterocycles. The summed E-state index contributed by atoms with van der Waals surface area (Å²) >= 11 is 0. The van der Waals surface area contributed by atoms with Gasteiger partial charge in [-0.3, -0.25) is 0 Å². The quantitative estimate of drug-likeness (QED) is 0.244. The minimum absolute atomic E-state index is 0.543. The molecule has 0 heterocycles. The van der Waals surface area contributed by atoms with E-state index in [0.717, 1.165) is 22.6 Å². The molecule has 3 heteroatoms. The molecule has 0 unspecified atom stereocenters. The molecule has 0 spiro atoms. The fourth-order valence-electron chi connectivity index (χ4n) is 5.78. The van der Waals surface area contributed by atoms with Crippen LogP contribution < -0.4 is 4.90 Å². The first-order valence-electron chi connectivity index (χ1n) is 12.8. The second kappa shape index (κ2) is 9.03. The van der Waals surface area contributed by atoms with Crippen LogP contribution >= 0.6 is 0 Å². The number of nitrogens with zero attached hydrogens (tertiary/aromatic N) is 3. The highest BCUT2D eigenvalue weighted by Crippen LogP contribution is 2.49. The van der Waals surface area contributed by atoms with Crippen molar-refractivity contribution in [2.24, 2.45) is 0 Å². The average molecular weight is 496 g/mol. The summed E-state index contributed by atoms with van der Waals surface area (Å²) in [5.41, 5.74) is 10.9. The van der Waals surface area contributed by atoms with Crippen LogP contribution in [0.5, 0.6) is 0 Å². The van der Waals surface area contributed by atoms with Gasteiger partial charge < -0.3 is 4.90 Å². The highest BCUT2D eigenvalue weighted by Gasteiger charge is 2.23. The number of hydrogen-bond acceptors (Lipinski definition) is 3. The summed E-state index contributed by atoms with van der Waals surface area (Å²) in [6.45, 7) is 0. The summed E-state index contributed by atoms with van der Waals surface area (Å²) < 4.78 is 0. The van der Waals surface area contributed by atoms with Gasteiger partial charge in [-0.25, -0.2) is 0 Å². The fraction of sp³-hybridized carbons (Fsp3) is 0. The van der Waals surface area contributed by atoms with Crippen LogP contribution in [0.25, 0.3) is 44.2 Å². The van der Waals surface area contributed by atoms with Gasteiger partial charge in [-0.2, -0.15) is 10.5 Å². The lowest BCUT2D eigenvalue weighted by Gasteiger charge is -2.27. The van der Waals surface area contributed by atoms with E-state index in [0.29, 0.717) is 11.1 Å². The maximum atomic E-state index is 9.85. The van der Waals surface area contributed by atoms with Gasteiger partial charge in [-0.05, 0) is 80.6 Å². The zero-order valence-corrected chi connectivity index (χ0v) is 21.0. The lowest BCUT2D eigenvalue weighted by Crippen LogP contribution is -2.12. The van der Waals surface area contributed by atoms with Gasteiger partial charge in [0.15, 0.2) is 0 Å². The summed E-state index contributed by atoms with van der Waals surface area (Å²) in [6.07, 6.45) is 0. The Hall–Kier alpha value is -5.64. The standard InChI is InChI=1S/C36H21N3/c37-22-25-8-1-5-14-34(25)39(35-15-6-2-9-26(35)23-38)27-18-16-24(17-19-27)28-20-21-33-30-11-4-3-10-29(30)32-13-7-12-31(28)36(32)33/h1-21H. The molecule has 7 rings (SSSR count). The Morgan fingerprint density at radius 3 is 1.56 bits per heavy atom. The molecule has 6 aromatic rings. The van der Waals surface area contributed by atoms with E-state index < -0.39 is 0 Å². The van der Waals surface area contributed by atoms with E-state index in [1.165, 1.54) is 38.6 Å². The minimum Gasteiger partial charge on any atom is -0.308 e. The Morgan fingerprint density at radius 1 is 0.436 bits per heavy atom. The summed E-state index contributed by atoms with van der Waals surface area (Å²) in [5, 5.41) is 22.2. The predicted molar refractivity (Wildman–Crippen MR) is 158 cm³/mol. The van der Waals surface area contributed by atoms with Gasteiger partial charge in [0.25, 0.3) is 0 Å². The van der Waals surface area contributed by atoms with Gasteiger partial charge in [0.1, 0.15) is 12.1 Å². The van der Waals surface area contributed by atoms with Crippen LogP contribution in [-0.4, -0.2) is 0 Å². The lowest BCUT2D eigenvalue weighted by atomic mass is 9.94. The Labute approximate surface area is 227 Å². The van der Waals surface area contributed by atoms with Crippen LogP contribution in [-0.2, 0) is 0 Å². The van der Waals surface area contributed by atoms with E-state index in [4.69, 9.17) is 0 Å². The topological polar surface area (TPSA) is 50.8 Å². The van der Waals surface area contributed by atoms with Gasteiger partial charge in [0.2, 0.25) is 0 Å². The van der Waals surface area contributed by atoms with Crippen molar-refractivity contribution in [2.75, 3.05) is 4.90 Å². The molecule has 3 nitrogen and oxygen atoms in total. The molecule has 0 saturated carbocycles. The van der Waals surface area contributed by atoms with Gasteiger partial charge in [0, 0.05) is 5.69 Å². The van der Waals surface area contributed by atoms with Crippen molar-refractivity contribution < 1.29 is 0 Å². The molecule has 39 heavy (non-hydrogen) atoms. The number of benzene rings is 6.